The lowest BCUT2D eigenvalue weighted by atomic mass is 10.2. The van der Waals surface area contributed by atoms with Crippen molar-refractivity contribution in [2.75, 3.05) is 46.9 Å². The summed E-state index contributed by atoms with van der Waals surface area (Å²) in [5.41, 5.74) is 1.07. The molecule has 2 aromatic rings. The van der Waals surface area contributed by atoms with Gasteiger partial charge in [0.05, 0.1) is 20.0 Å². The van der Waals surface area contributed by atoms with Crippen LogP contribution >= 0.6 is 24.0 Å². The number of hydrogen-bond acceptors (Lipinski definition) is 5. The van der Waals surface area contributed by atoms with E-state index < -0.39 is 0 Å². The smallest absolute Gasteiger partial charge is 0.289 e. The molecular formula is C21H29IN4O4. The van der Waals surface area contributed by atoms with Gasteiger partial charge in [-0.2, -0.15) is 0 Å². The molecule has 1 fully saturated rings. The van der Waals surface area contributed by atoms with Gasteiger partial charge in [-0.05, 0) is 36.8 Å². The highest BCUT2D eigenvalue weighted by Gasteiger charge is 2.25. The Balaban J connectivity index is 0.00000320. The molecule has 1 aromatic heterocycles. The number of piperazine rings is 1. The minimum Gasteiger partial charge on any atom is -0.493 e. The van der Waals surface area contributed by atoms with E-state index >= 15 is 0 Å². The van der Waals surface area contributed by atoms with Crippen molar-refractivity contribution in [2.24, 2.45) is 4.99 Å². The van der Waals surface area contributed by atoms with Crippen LogP contribution in [0.2, 0.25) is 0 Å². The number of halogens is 1. The molecule has 1 aromatic carbocycles. The first-order chi connectivity index (χ1) is 14.2. The number of rotatable bonds is 6. The van der Waals surface area contributed by atoms with Gasteiger partial charge in [0.15, 0.2) is 23.2 Å². The molecule has 0 spiro atoms. The fourth-order valence-electron chi connectivity index (χ4n) is 3.29. The van der Waals surface area contributed by atoms with E-state index in [4.69, 9.17) is 13.9 Å². The number of nitrogens with zero attached hydrogens (tertiary/aromatic N) is 3. The number of hydrogen-bond donors (Lipinski definition) is 1. The van der Waals surface area contributed by atoms with E-state index in [1.54, 1.807) is 31.2 Å². The molecule has 1 N–H and O–H groups in total. The second-order valence-electron chi connectivity index (χ2n) is 6.58. The maximum Gasteiger partial charge on any atom is 0.289 e. The zero-order chi connectivity index (χ0) is 20.6. The summed E-state index contributed by atoms with van der Waals surface area (Å²) < 4.78 is 16.2. The number of aliphatic imine (C=N–C) groups is 1. The van der Waals surface area contributed by atoms with Crippen LogP contribution in [0.15, 0.2) is 46.0 Å². The molecule has 0 radical (unpaired) electrons. The van der Waals surface area contributed by atoms with Gasteiger partial charge in [0.1, 0.15) is 0 Å². The Kier molecular flexibility index (Phi) is 9.28. The summed E-state index contributed by atoms with van der Waals surface area (Å²) in [7, 11) is 3.40. The lowest BCUT2D eigenvalue weighted by Gasteiger charge is -2.36. The molecule has 30 heavy (non-hydrogen) atoms. The van der Waals surface area contributed by atoms with Crippen molar-refractivity contribution >= 4 is 35.8 Å². The lowest BCUT2D eigenvalue weighted by Crippen LogP contribution is -2.53. The number of carbonyl (C=O) groups excluding carboxylic acids is 1. The highest BCUT2D eigenvalue weighted by atomic mass is 127. The number of ether oxygens (including phenoxy) is 2. The maximum absolute atomic E-state index is 12.4. The first-order valence-corrected chi connectivity index (χ1v) is 9.74. The fourth-order valence-corrected chi connectivity index (χ4v) is 3.29. The van der Waals surface area contributed by atoms with Crippen LogP contribution in [-0.4, -0.2) is 68.6 Å². The molecule has 1 aliphatic heterocycles. The van der Waals surface area contributed by atoms with Crippen molar-refractivity contribution in [2.45, 2.75) is 13.5 Å². The quantitative estimate of drug-likeness (QED) is 0.353. The highest BCUT2D eigenvalue weighted by Crippen LogP contribution is 2.28. The first-order valence-electron chi connectivity index (χ1n) is 9.74. The zero-order valence-corrected chi connectivity index (χ0v) is 19.9. The van der Waals surface area contributed by atoms with Crippen LogP contribution in [0.25, 0.3) is 0 Å². The van der Waals surface area contributed by atoms with E-state index in [1.807, 2.05) is 25.1 Å². The number of amides is 1. The number of nitrogens with one attached hydrogen (secondary N) is 1. The largest absolute Gasteiger partial charge is 0.493 e. The molecular weight excluding hydrogens is 499 g/mol. The number of methoxy groups -OCH3 is 1. The van der Waals surface area contributed by atoms with Crippen LogP contribution in [0.4, 0.5) is 0 Å². The standard InChI is InChI=1S/C21H28N4O4.HI/c1-4-28-19-14-16(7-8-17(19)27-3)15-23-21(22-2)25-11-9-24(10-12-25)20(26)18-6-5-13-29-18;/h5-8,13-14H,4,9-12,15H2,1-3H3,(H,22,23);1H. The van der Waals surface area contributed by atoms with Gasteiger partial charge in [0.2, 0.25) is 0 Å². The molecule has 2 heterocycles. The lowest BCUT2D eigenvalue weighted by molar-refractivity contribution is 0.0657. The minimum atomic E-state index is -0.0701. The topological polar surface area (TPSA) is 79.5 Å². The van der Waals surface area contributed by atoms with E-state index in [0.29, 0.717) is 45.1 Å². The third kappa shape index (κ3) is 5.80. The van der Waals surface area contributed by atoms with Crippen LogP contribution in [0.1, 0.15) is 23.0 Å². The summed E-state index contributed by atoms with van der Waals surface area (Å²) in [6, 6.07) is 9.31. The van der Waals surface area contributed by atoms with Gasteiger partial charge in [-0.1, -0.05) is 6.07 Å². The monoisotopic (exact) mass is 528 g/mol. The van der Waals surface area contributed by atoms with Gasteiger partial charge in [-0.3, -0.25) is 9.79 Å². The molecule has 1 saturated heterocycles. The third-order valence-electron chi connectivity index (χ3n) is 4.79. The van der Waals surface area contributed by atoms with Gasteiger partial charge in [0.25, 0.3) is 5.91 Å². The van der Waals surface area contributed by atoms with E-state index in [2.05, 4.69) is 15.2 Å². The Morgan fingerprint density at radius 1 is 1.17 bits per heavy atom. The van der Waals surface area contributed by atoms with Crippen LogP contribution in [0.5, 0.6) is 11.5 Å². The molecule has 0 saturated carbocycles. The maximum atomic E-state index is 12.4. The zero-order valence-electron chi connectivity index (χ0n) is 17.6. The van der Waals surface area contributed by atoms with Crippen molar-refractivity contribution < 1.29 is 18.7 Å². The summed E-state index contributed by atoms with van der Waals surface area (Å²) in [6.07, 6.45) is 1.52. The summed E-state index contributed by atoms with van der Waals surface area (Å²) >= 11 is 0. The number of carbonyl (C=O) groups is 1. The molecule has 9 heteroatoms. The number of furan rings is 1. The molecule has 0 atom stereocenters. The van der Waals surface area contributed by atoms with E-state index in [-0.39, 0.29) is 29.9 Å². The molecule has 0 bridgehead atoms. The molecule has 3 rings (SSSR count). The summed E-state index contributed by atoms with van der Waals surface area (Å²) in [5.74, 6) is 2.57. The predicted octanol–water partition coefficient (Wildman–Crippen LogP) is 2.84. The van der Waals surface area contributed by atoms with Crippen molar-refractivity contribution in [3.05, 3.63) is 47.9 Å². The second kappa shape index (κ2) is 11.7. The first kappa shape index (κ1) is 23.8. The SMILES string of the molecule is CCOc1cc(CNC(=NC)N2CCN(C(=O)c3ccco3)CC2)ccc1OC.I. The normalized spacial score (nSPS) is 14.2. The third-order valence-corrected chi connectivity index (χ3v) is 4.79. The summed E-state index contributed by atoms with van der Waals surface area (Å²) in [5, 5.41) is 3.39. The van der Waals surface area contributed by atoms with Crippen molar-refractivity contribution in [1.29, 1.82) is 0 Å². The molecule has 1 amide bonds. The van der Waals surface area contributed by atoms with Crippen molar-refractivity contribution in [3.63, 3.8) is 0 Å². The Morgan fingerprint density at radius 2 is 1.90 bits per heavy atom. The van der Waals surface area contributed by atoms with E-state index in [9.17, 15) is 4.79 Å². The molecule has 0 aliphatic carbocycles. The Bertz CT molecular complexity index is 834. The van der Waals surface area contributed by atoms with Gasteiger partial charge >= 0.3 is 0 Å². The predicted molar refractivity (Wildman–Crippen MR) is 126 cm³/mol. The van der Waals surface area contributed by atoms with Crippen LogP contribution < -0.4 is 14.8 Å². The molecule has 8 nitrogen and oxygen atoms in total. The van der Waals surface area contributed by atoms with Crippen LogP contribution in [0, 0.1) is 0 Å². The second-order valence-corrected chi connectivity index (χ2v) is 6.58. The minimum absolute atomic E-state index is 0. The van der Waals surface area contributed by atoms with E-state index in [1.165, 1.54) is 6.26 Å². The van der Waals surface area contributed by atoms with Gasteiger partial charge in [-0.15, -0.1) is 24.0 Å². The Hall–Kier alpha value is -2.43. The van der Waals surface area contributed by atoms with Crippen molar-refractivity contribution in [3.8, 4) is 11.5 Å². The van der Waals surface area contributed by atoms with Crippen LogP contribution in [0.3, 0.4) is 0 Å². The van der Waals surface area contributed by atoms with Gasteiger partial charge in [0, 0.05) is 39.8 Å². The summed E-state index contributed by atoms with van der Waals surface area (Å²) in [4.78, 5) is 20.8. The molecule has 1 aliphatic rings. The number of guanidine groups is 1. The fraction of sp³-hybridized carbons (Fsp3) is 0.429. The molecule has 0 unspecified atom stereocenters. The van der Waals surface area contributed by atoms with Gasteiger partial charge < -0.3 is 29.0 Å². The number of benzene rings is 1. The Labute approximate surface area is 194 Å². The molecule has 164 valence electrons. The van der Waals surface area contributed by atoms with E-state index in [0.717, 1.165) is 23.0 Å². The average Bonchev–Trinajstić information content (AvgIpc) is 3.29. The highest BCUT2D eigenvalue weighted by molar-refractivity contribution is 14.0. The van der Waals surface area contributed by atoms with Crippen LogP contribution in [-0.2, 0) is 6.54 Å². The van der Waals surface area contributed by atoms with Crippen molar-refractivity contribution in [1.82, 2.24) is 15.1 Å². The Morgan fingerprint density at radius 3 is 2.50 bits per heavy atom. The average molecular weight is 528 g/mol. The van der Waals surface area contributed by atoms with Gasteiger partial charge in [-0.25, -0.2) is 0 Å². The summed E-state index contributed by atoms with van der Waals surface area (Å²) in [6.45, 7) is 5.80.